The molecule has 0 aliphatic heterocycles. The van der Waals surface area contributed by atoms with Crippen LogP contribution in [0.3, 0.4) is 0 Å². The van der Waals surface area contributed by atoms with Crippen molar-refractivity contribution in [1.82, 2.24) is 5.32 Å². The number of ether oxygens (including phenoxy) is 2. The second-order valence-electron chi connectivity index (χ2n) is 10.1. The summed E-state index contributed by atoms with van der Waals surface area (Å²) in [6.45, 7) is 3.89. The minimum Gasteiger partial charge on any atom is -0.493 e. The molecule has 1 aromatic rings. The molecule has 0 spiro atoms. The van der Waals surface area contributed by atoms with Crippen molar-refractivity contribution in [1.29, 1.82) is 0 Å². The Kier molecular flexibility index (Phi) is 6.12. The fourth-order valence-electron chi connectivity index (χ4n) is 6.38. The number of amides is 2. The molecule has 7 heteroatoms. The standard InChI is InChI=1S/C24H33ClN2O4/c1-13(2)21(22(28)26-18-9-20(31-4)19(30-3)8-17(18)25)27-23(29)24-10-14-5-15(11-24)7-16(6-14)12-24/h8-9,13-16,21H,5-7,10-12H2,1-4H3,(H,26,28)(H,27,29). The minimum atomic E-state index is -0.635. The summed E-state index contributed by atoms with van der Waals surface area (Å²) in [5, 5.41) is 6.34. The third kappa shape index (κ3) is 4.23. The van der Waals surface area contributed by atoms with Gasteiger partial charge in [0.05, 0.1) is 24.9 Å². The van der Waals surface area contributed by atoms with E-state index in [9.17, 15) is 9.59 Å². The Balaban J connectivity index is 1.49. The molecule has 2 N–H and O–H groups in total. The van der Waals surface area contributed by atoms with E-state index in [1.165, 1.54) is 33.5 Å². The van der Waals surface area contributed by atoms with Gasteiger partial charge in [-0.05, 0) is 62.2 Å². The number of benzene rings is 1. The van der Waals surface area contributed by atoms with Gasteiger partial charge < -0.3 is 20.1 Å². The molecule has 1 unspecified atom stereocenters. The summed E-state index contributed by atoms with van der Waals surface area (Å²) in [4.78, 5) is 26.6. The topological polar surface area (TPSA) is 76.7 Å². The Morgan fingerprint density at radius 2 is 1.52 bits per heavy atom. The molecule has 6 nitrogen and oxygen atoms in total. The number of methoxy groups -OCH3 is 2. The minimum absolute atomic E-state index is 0.0545. The van der Waals surface area contributed by atoms with Crippen LogP contribution in [0.15, 0.2) is 12.1 Å². The Morgan fingerprint density at radius 3 is 2.00 bits per heavy atom. The van der Waals surface area contributed by atoms with Gasteiger partial charge in [0.25, 0.3) is 0 Å². The molecular formula is C24H33ClN2O4. The van der Waals surface area contributed by atoms with Crippen LogP contribution >= 0.6 is 11.6 Å². The van der Waals surface area contributed by atoms with Crippen LogP contribution in [0.4, 0.5) is 5.69 Å². The fourth-order valence-corrected chi connectivity index (χ4v) is 6.58. The lowest BCUT2D eigenvalue weighted by Gasteiger charge is -2.55. The van der Waals surface area contributed by atoms with E-state index in [0.717, 1.165) is 19.3 Å². The van der Waals surface area contributed by atoms with E-state index < -0.39 is 6.04 Å². The molecule has 4 bridgehead atoms. The zero-order chi connectivity index (χ0) is 22.3. The molecule has 5 rings (SSSR count). The summed E-state index contributed by atoms with van der Waals surface area (Å²) in [5.74, 6) is 2.71. The summed E-state index contributed by atoms with van der Waals surface area (Å²) in [6.07, 6.45) is 6.74. The zero-order valence-electron chi connectivity index (χ0n) is 18.8. The lowest BCUT2D eigenvalue weighted by Crippen LogP contribution is -2.57. The second kappa shape index (κ2) is 8.53. The van der Waals surface area contributed by atoms with Crippen molar-refractivity contribution in [2.45, 2.75) is 58.4 Å². The van der Waals surface area contributed by atoms with Gasteiger partial charge in [-0.15, -0.1) is 0 Å². The van der Waals surface area contributed by atoms with Gasteiger partial charge >= 0.3 is 0 Å². The first-order valence-corrected chi connectivity index (χ1v) is 11.7. The zero-order valence-corrected chi connectivity index (χ0v) is 19.6. The molecule has 0 heterocycles. The van der Waals surface area contributed by atoms with Gasteiger partial charge in [0, 0.05) is 17.5 Å². The van der Waals surface area contributed by atoms with Gasteiger partial charge in [-0.1, -0.05) is 25.4 Å². The molecule has 4 saturated carbocycles. The van der Waals surface area contributed by atoms with E-state index in [2.05, 4.69) is 10.6 Å². The van der Waals surface area contributed by atoms with Gasteiger partial charge in [0.1, 0.15) is 6.04 Å². The SMILES string of the molecule is COc1cc(Cl)c(NC(=O)C(NC(=O)C23CC4CC(CC(C4)C2)C3)C(C)C)cc1OC. The molecule has 1 aromatic carbocycles. The maximum Gasteiger partial charge on any atom is 0.247 e. The molecule has 170 valence electrons. The normalized spacial score (nSPS) is 29.5. The van der Waals surface area contributed by atoms with Gasteiger partial charge in [-0.2, -0.15) is 0 Å². The first-order valence-electron chi connectivity index (χ1n) is 11.3. The molecule has 1 atom stereocenters. The van der Waals surface area contributed by atoms with E-state index in [1.807, 2.05) is 13.8 Å². The van der Waals surface area contributed by atoms with Crippen LogP contribution in [0.25, 0.3) is 0 Å². The van der Waals surface area contributed by atoms with E-state index in [-0.39, 0.29) is 23.1 Å². The Morgan fingerprint density at radius 1 is 1.00 bits per heavy atom. The van der Waals surface area contributed by atoms with E-state index in [1.54, 1.807) is 12.1 Å². The van der Waals surface area contributed by atoms with Crippen LogP contribution in [0.2, 0.25) is 5.02 Å². The fraction of sp³-hybridized carbons (Fsp3) is 0.667. The highest BCUT2D eigenvalue weighted by atomic mass is 35.5. The van der Waals surface area contributed by atoms with E-state index in [0.29, 0.717) is 40.0 Å². The highest BCUT2D eigenvalue weighted by molar-refractivity contribution is 6.34. The molecule has 0 saturated heterocycles. The Labute approximate surface area is 189 Å². The summed E-state index contributed by atoms with van der Waals surface area (Å²) in [5.41, 5.74) is 0.141. The second-order valence-corrected chi connectivity index (χ2v) is 10.5. The summed E-state index contributed by atoms with van der Waals surface area (Å²) < 4.78 is 10.6. The lowest BCUT2D eigenvalue weighted by molar-refractivity contribution is -0.148. The van der Waals surface area contributed by atoms with Crippen LogP contribution in [-0.2, 0) is 9.59 Å². The summed E-state index contributed by atoms with van der Waals surface area (Å²) in [7, 11) is 3.06. The first kappa shape index (κ1) is 22.3. The van der Waals surface area contributed by atoms with E-state index in [4.69, 9.17) is 21.1 Å². The van der Waals surface area contributed by atoms with Crippen molar-refractivity contribution in [3.8, 4) is 11.5 Å². The van der Waals surface area contributed by atoms with Gasteiger partial charge in [0.2, 0.25) is 11.8 Å². The highest BCUT2D eigenvalue weighted by Gasteiger charge is 2.55. The van der Waals surface area contributed by atoms with Crippen molar-refractivity contribution in [2.24, 2.45) is 29.1 Å². The van der Waals surface area contributed by atoms with Crippen molar-refractivity contribution in [2.75, 3.05) is 19.5 Å². The Hall–Kier alpha value is -1.95. The average Bonchev–Trinajstić information content (AvgIpc) is 2.71. The van der Waals surface area contributed by atoms with E-state index >= 15 is 0 Å². The Bertz CT molecular complexity index is 834. The van der Waals surface area contributed by atoms with Crippen molar-refractivity contribution >= 4 is 29.1 Å². The van der Waals surface area contributed by atoms with Crippen molar-refractivity contribution in [3.05, 3.63) is 17.2 Å². The number of carbonyl (C=O) groups excluding carboxylic acids is 2. The van der Waals surface area contributed by atoms with Gasteiger partial charge in [-0.3, -0.25) is 9.59 Å². The third-order valence-electron chi connectivity index (χ3n) is 7.49. The molecule has 31 heavy (non-hydrogen) atoms. The highest BCUT2D eigenvalue weighted by Crippen LogP contribution is 2.60. The largest absolute Gasteiger partial charge is 0.493 e. The van der Waals surface area contributed by atoms with Gasteiger partial charge in [-0.25, -0.2) is 0 Å². The number of hydrogen-bond acceptors (Lipinski definition) is 4. The van der Waals surface area contributed by atoms with Crippen LogP contribution in [0.1, 0.15) is 52.4 Å². The number of carbonyl (C=O) groups is 2. The quantitative estimate of drug-likeness (QED) is 0.636. The van der Waals surface area contributed by atoms with Crippen LogP contribution in [-0.4, -0.2) is 32.1 Å². The predicted octanol–water partition coefficient (Wildman–Crippen LogP) is 4.65. The van der Waals surface area contributed by atoms with Crippen molar-refractivity contribution in [3.63, 3.8) is 0 Å². The first-order chi connectivity index (χ1) is 14.7. The van der Waals surface area contributed by atoms with Crippen LogP contribution in [0, 0.1) is 29.1 Å². The maximum absolute atomic E-state index is 13.5. The predicted molar refractivity (Wildman–Crippen MR) is 121 cm³/mol. The molecule has 2 amide bonds. The van der Waals surface area contributed by atoms with Crippen LogP contribution in [0.5, 0.6) is 11.5 Å². The number of anilines is 1. The molecule has 4 aliphatic rings. The molecule has 4 aliphatic carbocycles. The van der Waals surface area contributed by atoms with Crippen molar-refractivity contribution < 1.29 is 19.1 Å². The third-order valence-corrected chi connectivity index (χ3v) is 7.80. The number of rotatable bonds is 7. The molecule has 0 radical (unpaired) electrons. The average molecular weight is 449 g/mol. The molecule has 4 fully saturated rings. The summed E-state index contributed by atoms with van der Waals surface area (Å²) in [6, 6.07) is 2.61. The number of halogens is 1. The number of hydrogen-bond donors (Lipinski definition) is 2. The van der Waals surface area contributed by atoms with Crippen LogP contribution < -0.4 is 20.1 Å². The monoisotopic (exact) mass is 448 g/mol. The summed E-state index contributed by atoms with van der Waals surface area (Å²) >= 11 is 6.34. The van der Waals surface area contributed by atoms with Gasteiger partial charge in [0.15, 0.2) is 11.5 Å². The smallest absolute Gasteiger partial charge is 0.247 e. The molecule has 0 aromatic heterocycles. The molecular weight excluding hydrogens is 416 g/mol. The maximum atomic E-state index is 13.5. The lowest BCUT2D eigenvalue weighted by atomic mass is 9.49. The number of nitrogens with one attached hydrogen (secondary N) is 2.